The van der Waals surface area contributed by atoms with Gasteiger partial charge >= 0.3 is 12.2 Å². The third-order valence-electron chi connectivity index (χ3n) is 11.6. The van der Waals surface area contributed by atoms with Crippen molar-refractivity contribution in [2.45, 2.75) is 142 Å². The molecule has 0 aliphatic carbocycles. The van der Waals surface area contributed by atoms with Crippen molar-refractivity contribution in [2.75, 3.05) is 13.1 Å². The highest BCUT2D eigenvalue weighted by Crippen LogP contribution is 2.14. The van der Waals surface area contributed by atoms with Gasteiger partial charge in [0, 0.05) is 38.8 Å². The minimum atomic E-state index is -1.18. The topological polar surface area (TPSA) is 251 Å². The molecule has 6 atom stereocenters. The summed E-state index contributed by atoms with van der Waals surface area (Å²) in [7, 11) is 0. The molecule has 0 spiro atoms. The number of amides is 8. The summed E-state index contributed by atoms with van der Waals surface area (Å²) in [4.78, 5) is 110. The average Bonchev–Trinajstić information content (AvgIpc) is 3.35. The maximum absolute atomic E-state index is 14.3. The van der Waals surface area contributed by atoms with E-state index in [2.05, 4.69) is 42.5 Å². The first-order valence-corrected chi connectivity index (χ1v) is 25.8. The minimum Gasteiger partial charge on any atom is -0.444 e. The van der Waals surface area contributed by atoms with Gasteiger partial charge in [-0.3, -0.25) is 28.8 Å². The molecule has 0 fully saturated rings. The predicted molar refractivity (Wildman–Crippen MR) is 290 cm³/mol. The Bertz CT molecular complexity index is 2340. The highest BCUT2D eigenvalue weighted by molar-refractivity contribution is 5.95. The van der Waals surface area contributed by atoms with E-state index >= 15 is 0 Å². The second-order valence-corrected chi connectivity index (χ2v) is 21.3. The number of rotatable bonds is 25. The summed E-state index contributed by atoms with van der Waals surface area (Å²) >= 11 is 0. The molecular weight excluding hydrogens is 969 g/mol. The molecule has 0 saturated heterocycles. The van der Waals surface area contributed by atoms with Crippen molar-refractivity contribution in [3.05, 3.63) is 144 Å². The first kappa shape index (κ1) is 60.8. The fourth-order valence-electron chi connectivity index (χ4n) is 7.86. The van der Waals surface area contributed by atoms with E-state index in [1.54, 1.807) is 142 Å². The van der Waals surface area contributed by atoms with E-state index in [-0.39, 0.29) is 38.8 Å². The molecule has 0 aliphatic rings. The van der Waals surface area contributed by atoms with Gasteiger partial charge in [0.1, 0.15) is 47.5 Å². The van der Waals surface area contributed by atoms with Crippen LogP contribution in [0, 0.1) is 11.8 Å². The van der Waals surface area contributed by atoms with Crippen LogP contribution in [0.3, 0.4) is 0 Å². The molecule has 0 saturated carbocycles. The van der Waals surface area contributed by atoms with Crippen molar-refractivity contribution < 1.29 is 47.8 Å². The van der Waals surface area contributed by atoms with E-state index in [0.717, 1.165) is 22.3 Å². The standard InChI is InChI=1S/C58H78N8O10/c1-37(2)47(65-55(73)75-57(5,6)7)53(71)63-45(35-41-27-19-13-20-28-41)51(69)61-43(33-39-23-15-11-16-24-39)49(67)59-31-32-60-50(68)44(34-40-25-17-12-18-26-40)62-52(70)46(36-42-29-21-14-22-30-42)64-54(72)48(38(3)4)66-56(74)76-58(8,9)10/h11-30,37-38,43-48H,31-36H2,1-10H3,(H,59,67)(H,60,68)(H,61,69)(H,62,70)(H,63,71)(H,64,72)(H,65,73)(H,66,74)/t43-,44-,45-,46-,47-,48-/m0/s1. The van der Waals surface area contributed by atoms with Gasteiger partial charge in [0.2, 0.25) is 35.4 Å². The summed E-state index contributed by atoms with van der Waals surface area (Å²) in [6.45, 7) is 17.1. The SMILES string of the molecule is CC(C)[C@H](NC(=O)OC(C)(C)C)C(=O)N[C@@H](Cc1ccccc1)C(=O)N[C@@H](Cc1ccccc1)C(=O)NCCNC(=O)[C@H](Cc1ccccc1)NC(=O)[C@H](Cc1ccccc1)NC(=O)[C@@H](NC(=O)OC(C)(C)C)C(C)C. The van der Waals surface area contributed by atoms with Crippen LogP contribution in [0.15, 0.2) is 121 Å². The van der Waals surface area contributed by atoms with Crippen LogP contribution >= 0.6 is 0 Å². The molecule has 0 bridgehead atoms. The lowest BCUT2D eigenvalue weighted by molar-refractivity contribution is -0.133. The van der Waals surface area contributed by atoms with Gasteiger partial charge in [-0.1, -0.05) is 149 Å². The number of ether oxygens (including phenoxy) is 2. The van der Waals surface area contributed by atoms with Gasteiger partial charge in [0.05, 0.1) is 0 Å². The summed E-state index contributed by atoms with van der Waals surface area (Å²) in [5, 5.41) is 22.2. The van der Waals surface area contributed by atoms with Gasteiger partial charge in [0.25, 0.3) is 0 Å². The van der Waals surface area contributed by atoms with Crippen molar-refractivity contribution in [2.24, 2.45) is 11.8 Å². The van der Waals surface area contributed by atoms with Crippen LogP contribution in [0.4, 0.5) is 9.59 Å². The Morgan fingerprint density at radius 1 is 0.355 bits per heavy atom. The van der Waals surface area contributed by atoms with E-state index in [1.807, 2.05) is 48.5 Å². The maximum atomic E-state index is 14.3. The van der Waals surface area contributed by atoms with Crippen LogP contribution in [0.5, 0.6) is 0 Å². The predicted octanol–water partition coefficient (Wildman–Crippen LogP) is 5.23. The van der Waals surface area contributed by atoms with Gasteiger partial charge in [0.15, 0.2) is 0 Å². The molecular formula is C58H78N8O10. The fraction of sp³-hybridized carbons (Fsp3) is 0.448. The summed E-state index contributed by atoms with van der Waals surface area (Å²) in [6, 6.07) is 29.4. The zero-order valence-corrected chi connectivity index (χ0v) is 45.5. The van der Waals surface area contributed by atoms with Gasteiger partial charge in [-0.15, -0.1) is 0 Å². The Hall–Kier alpha value is -7.76. The molecule has 8 amide bonds. The number of nitrogens with one attached hydrogen (secondary N) is 8. The smallest absolute Gasteiger partial charge is 0.408 e. The Balaban J connectivity index is 1.51. The summed E-state index contributed by atoms with van der Waals surface area (Å²) in [5.41, 5.74) is 1.30. The van der Waals surface area contributed by atoms with Crippen molar-refractivity contribution in [3.8, 4) is 0 Å². The van der Waals surface area contributed by atoms with E-state index in [4.69, 9.17) is 9.47 Å². The molecule has 0 aliphatic heterocycles. The van der Waals surface area contributed by atoms with Gasteiger partial charge < -0.3 is 52.0 Å². The molecule has 18 heteroatoms. The first-order chi connectivity index (χ1) is 35.9. The number of alkyl carbamates (subject to hydrolysis) is 2. The lowest BCUT2D eigenvalue weighted by Crippen LogP contribution is -2.59. The highest BCUT2D eigenvalue weighted by Gasteiger charge is 2.34. The Morgan fingerprint density at radius 3 is 0.829 bits per heavy atom. The van der Waals surface area contributed by atoms with Crippen LogP contribution in [0.25, 0.3) is 0 Å². The molecule has 8 N–H and O–H groups in total. The second-order valence-electron chi connectivity index (χ2n) is 21.3. The van der Waals surface area contributed by atoms with Gasteiger partial charge in [-0.25, -0.2) is 9.59 Å². The molecule has 18 nitrogen and oxygen atoms in total. The molecule has 0 aromatic heterocycles. The number of carbonyl (C=O) groups is 8. The van der Waals surface area contributed by atoms with Crippen LogP contribution in [0.2, 0.25) is 0 Å². The van der Waals surface area contributed by atoms with E-state index in [9.17, 15) is 38.4 Å². The van der Waals surface area contributed by atoms with Crippen LogP contribution in [-0.4, -0.2) is 108 Å². The minimum absolute atomic E-state index is 0.0607. The third-order valence-corrected chi connectivity index (χ3v) is 11.6. The van der Waals surface area contributed by atoms with Crippen molar-refractivity contribution in [3.63, 3.8) is 0 Å². The Kier molecular flexibility index (Phi) is 23.5. The monoisotopic (exact) mass is 1050 g/mol. The van der Waals surface area contributed by atoms with Crippen molar-refractivity contribution in [1.29, 1.82) is 0 Å². The zero-order chi connectivity index (χ0) is 56.0. The number of benzene rings is 4. The lowest BCUT2D eigenvalue weighted by atomic mass is 10.00. The van der Waals surface area contributed by atoms with Gasteiger partial charge in [-0.2, -0.15) is 0 Å². The van der Waals surface area contributed by atoms with Crippen LogP contribution in [-0.2, 0) is 63.9 Å². The molecule has 0 radical (unpaired) electrons. The zero-order valence-electron chi connectivity index (χ0n) is 45.5. The van der Waals surface area contributed by atoms with E-state index in [0.29, 0.717) is 0 Å². The largest absolute Gasteiger partial charge is 0.444 e. The normalized spacial score (nSPS) is 13.8. The summed E-state index contributed by atoms with van der Waals surface area (Å²) < 4.78 is 10.8. The van der Waals surface area contributed by atoms with E-state index in [1.165, 1.54) is 0 Å². The second kappa shape index (κ2) is 29.4. The number of carbonyl (C=O) groups excluding carboxylic acids is 8. The molecule has 4 aromatic rings. The number of hydrogen-bond acceptors (Lipinski definition) is 10. The average molecular weight is 1050 g/mol. The quantitative estimate of drug-likeness (QED) is 0.0402. The van der Waals surface area contributed by atoms with E-state index < -0.39 is 107 Å². The Labute approximate surface area is 447 Å². The fourth-order valence-corrected chi connectivity index (χ4v) is 7.86. The highest BCUT2D eigenvalue weighted by atomic mass is 16.6. The maximum Gasteiger partial charge on any atom is 0.408 e. The third kappa shape index (κ3) is 22.0. The van der Waals surface area contributed by atoms with Crippen LogP contribution < -0.4 is 42.5 Å². The summed E-state index contributed by atoms with van der Waals surface area (Å²) in [5.74, 6) is -4.47. The van der Waals surface area contributed by atoms with Crippen LogP contribution in [0.1, 0.15) is 91.5 Å². The van der Waals surface area contributed by atoms with Gasteiger partial charge in [-0.05, 0) is 75.6 Å². The Morgan fingerprint density at radius 2 is 0.592 bits per heavy atom. The molecule has 0 heterocycles. The lowest BCUT2D eigenvalue weighted by Gasteiger charge is -2.28. The first-order valence-electron chi connectivity index (χ1n) is 25.8. The van der Waals surface area contributed by atoms with Crippen molar-refractivity contribution in [1.82, 2.24) is 42.5 Å². The molecule has 4 aromatic carbocycles. The molecule has 0 unspecified atom stereocenters. The van der Waals surface area contributed by atoms with Crippen molar-refractivity contribution >= 4 is 47.6 Å². The molecule has 76 heavy (non-hydrogen) atoms. The summed E-state index contributed by atoms with van der Waals surface area (Å²) in [6.07, 6.45) is -1.31. The molecule has 4 rings (SSSR count). The number of hydrogen-bond donors (Lipinski definition) is 8. The molecule has 410 valence electrons.